The van der Waals surface area contributed by atoms with Crippen molar-refractivity contribution in [3.63, 3.8) is 0 Å². The van der Waals surface area contributed by atoms with Crippen LogP contribution in [0.3, 0.4) is 0 Å². The highest BCUT2D eigenvalue weighted by atomic mass is 79.9. The first kappa shape index (κ1) is 21.5. The Kier molecular flexibility index (Phi) is 6.43. The highest BCUT2D eigenvalue weighted by Crippen LogP contribution is 2.25. The SMILES string of the molecule is O=C(Nc1[nH]nc(C(=O)NC2=NC(c3ccncc3)=CNC=C2)c1Br)c1ccccc1Cl. The number of aromatic amines is 1. The fourth-order valence-electron chi connectivity index (χ4n) is 2.76. The largest absolute Gasteiger partial charge is 0.366 e. The van der Waals surface area contributed by atoms with Crippen LogP contribution >= 0.6 is 27.5 Å². The Morgan fingerprint density at radius 3 is 2.59 bits per heavy atom. The molecule has 0 saturated carbocycles. The standard InChI is InChI=1S/C21H15BrClN7O2/c22-17-18(29-30-19(17)28-20(31)13-3-1-2-4-14(13)23)21(32)27-16-7-10-25-11-15(26-16)12-5-8-24-9-6-12/h1-11,25H,(H,26,27,32)(H2,28,29,30,31). The van der Waals surface area contributed by atoms with Crippen molar-refractivity contribution in [1.82, 2.24) is 25.8 Å². The van der Waals surface area contributed by atoms with Crippen LogP contribution < -0.4 is 16.0 Å². The van der Waals surface area contributed by atoms with Crippen molar-refractivity contribution in [2.45, 2.75) is 0 Å². The highest BCUT2D eigenvalue weighted by molar-refractivity contribution is 9.10. The summed E-state index contributed by atoms with van der Waals surface area (Å²) < 4.78 is 0.289. The predicted octanol–water partition coefficient (Wildman–Crippen LogP) is 3.72. The smallest absolute Gasteiger partial charge is 0.278 e. The third-order valence-corrected chi connectivity index (χ3v) is 5.40. The molecule has 1 aliphatic heterocycles. The highest BCUT2D eigenvalue weighted by Gasteiger charge is 2.21. The number of H-pyrrole nitrogens is 1. The average molecular weight is 513 g/mol. The van der Waals surface area contributed by atoms with Gasteiger partial charge in [-0.05, 0) is 46.3 Å². The van der Waals surface area contributed by atoms with Gasteiger partial charge >= 0.3 is 0 Å². The lowest BCUT2D eigenvalue weighted by molar-refractivity contribution is 0.0970. The van der Waals surface area contributed by atoms with Gasteiger partial charge in [0, 0.05) is 30.4 Å². The van der Waals surface area contributed by atoms with Gasteiger partial charge in [0.15, 0.2) is 5.69 Å². The molecule has 160 valence electrons. The monoisotopic (exact) mass is 511 g/mol. The number of carbonyl (C=O) groups excluding carboxylic acids is 2. The van der Waals surface area contributed by atoms with Gasteiger partial charge in [0.25, 0.3) is 11.8 Å². The van der Waals surface area contributed by atoms with Crippen molar-refractivity contribution in [3.8, 4) is 0 Å². The van der Waals surface area contributed by atoms with Gasteiger partial charge in [0.2, 0.25) is 0 Å². The molecule has 32 heavy (non-hydrogen) atoms. The number of pyridine rings is 1. The summed E-state index contributed by atoms with van der Waals surface area (Å²) in [5.74, 6) is -0.441. The van der Waals surface area contributed by atoms with Crippen LogP contribution in [0.5, 0.6) is 0 Å². The molecule has 1 aromatic carbocycles. The van der Waals surface area contributed by atoms with Gasteiger partial charge in [0.1, 0.15) is 11.7 Å². The van der Waals surface area contributed by atoms with E-state index < -0.39 is 11.8 Å². The van der Waals surface area contributed by atoms with Crippen LogP contribution in [0.15, 0.2) is 76.7 Å². The molecule has 3 heterocycles. The normalized spacial score (nSPS) is 12.8. The van der Waals surface area contributed by atoms with Crippen LogP contribution in [0.4, 0.5) is 5.82 Å². The maximum absolute atomic E-state index is 12.8. The number of amides is 2. The molecule has 0 atom stereocenters. The summed E-state index contributed by atoms with van der Waals surface area (Å²) in [5.41, 5.74) is 1.78. The molecule has 0 aliphatic carbocycles. The molecule has 4 N–H and O–H groups in total. The van der Waals surface area contributed by atoms with Crippen molar-refractivity contribution in [2.75, 3.05) is 5.32 Å². The van der Waals surface area contributed by atoms with Crippen molar-refractivity contribution in [3.05, 3.63) is 93.6 Å². The number of benzene rings is 1. The second-order valence-corrected chi connectivity index (χ2v) is 7.61. The first-order chi connectivity index (χ1) is 15.5. The Labute approximate surface area is 195 Å². The van der Waals surface area contributed by atoms with E-state index in [1.165, 1.54) is 0 Å². The van der Waals surface area contributed by atoms with Crippen LogP contribution in [0.1, 0.15) is 26.4 Å². The zero-order valence-corrected chi connectivity index (χ0v) is 18.6. The van der Waals surface area contributed by atoms with E-state index in [0.717, 1.165) is 5.56 Å². The van der Waals surface area contributed by atoms with Gasteiger partial charge in [-0.2, -0.15) is 5.10 Å². The van der Waals surface area contributed by atoms with E-state index in [4.69, 9.17) is 11.6 Å². The lowest BCUT2D eigenvalue weighted by Gasteiger charge is -2.06. The summed E-state index contributed by atoms with van der Waals surface area (Å²) >= 11 is 9.37. The molecule has 11 heteroatoms. The van der Waals surface area contributed by atoms with E-state index in [-0.39, 0.29) is 16.0 Å². The fourth-order valence-corrected chi connectivity index (χ4v) is 3.44. The second kappa shape index (κ2) is 9.58. The van der Waals surface area contributed by atoms with E-state index in [1.807, 2.05) is 0 Å². The first-order valence-electron chi connectivity index (χ1n) is 9.26. The minimum Gasteiger partial charge on any atom is -0.366 e. The van der Waals surface area contributed by atoms with Crippen molar-refractivity contribution in [1.29, 1.82) is 0 Å². The second-order valence-electron chi connectivity index (χ2n) is 6.41. The quantitative estimate of drug-likeness (QED) is 0.424. The molecule has 4 rings (SSSR count). The summed E-state index contributed by atoms with van der Waals surface area (Å²) in [5, 5.41) is 15.3. The Morgan fingerprint density at radius 2 is 1.81 bits per heavy atom. The summed E-state index contributed by atoms with van der Waals surface area (Å²) in [4.78, 5) is 33.7. The number of hydrogen-bond donors (Lipinski definition) is 4. The topological polar surface area (TPSA) is 124 Å². The predicted molar refractivity (Wildman–Crippen MR) is 125 cm³/mol. The molecule has 2 amide bonds. The number of nitrogens with one attached hydrogen (secondary N) is 4. The Balaban J connectivity index is 1.50. The van der Waals surface area contributed by atoms with Gasteiger partial charge in [-0.15, -0.1) is 0 Å². The number of halogens is 2. The zero-order chi connectivity index (χ0) is 22.5. The molecular weight excluding hydrogens is 498 g/mol. The summed E-state index contributed by atoms with van der Waals surface area (Å²) in [6.07, 6.45) is 8.27. The van der Waals surface area contributed by atoms with Gasteiger partial charge in [-0.25, -0.2) is 4.99 Å². The Hall–Kier alpha value is -3.76. The third kappa shape index (κ3) is 4.76. The maximum atomic E-state index is 12.8. The number of hydrogen-bond acceptors (Lipinski definition) is 6. The Morgan fingerprint density at radius 1 is 1.03 bits per heavy atom. The van der Waals surface area contributed by atoms with E-state index in [0.29, 0.717) is 22.1 Å². The van der Waals surface area contributed by atoms with Crippen LogP contribution in [-0.2, 0) is 0 Å². The van der Waals surface area contributed by atoms with Gasteiger partial charge < -0.3 is 16.0 Å². The van der Waals surface area contributed by atoms with E-state index in [2.05, 4.69) is 52.1 Å². The number of rotatable bonds is 4. The van der Waals surface area contributed by atoms with Crippen LogP contribution in [0, 0.1) is 0 Å². The van der Waals surface area contributed by atoms with Crippen molar-refractivity contribution in [2.24, 2.45) is 4.99 Å². The zero-order valence-electron chi connectivity index (χ0n) is 16.3. The van der Waals surface area contributed by atoms with E-state index in [9.17, 15) is 9.59 Å². The molecule has 9 nitrogen and oxygen atoms in total. The van der Waals surface area contributed by atoms with Gasteiger partial charge in [-0.3, -0.25) is 19.7 Å². The molecule has 0 bridgehead atoms. The number of nitrogens with zero attached hydrogens (tertiary/aromatic N) is 3. The molecule has 0 spiro atoms. The van der Waals surface area contributed by atoms with Gasteiger partial charge in [0.05, 0.1) is 20.8 Å². The lowest BCUT2D eigenvalue weighted by atomic mass is 10.2. The first-order valence-corrected chi connectivity index (χ1v) is 10.4. The summed E-state index contributed by atoms with van der Waals surface area (Å²) in [7, 11) is 0. The molecule has 1 aliphatic rings. The van der Waals surface area contributed by atoms with E-state index >= 15 is 0 Å². The van der Waals surface area contributed by atoms with Crippen molar-refractivity contribution < 1.29 is 9.59 Å². The molecular formula is C21H15BrClN7O2. The third-order valence-electron chi connectivity index (χ3n) is 4.30. The summed E-state index contributed by atoms with van der Waals surface area (Å²) in [6.45, 7) is 0. The molecule has 0 radical (unpaired) electrons. The minimum absolute atomic E-state index is 0.0437. The fraction of sp³-hybridized carbons (Fsp3) is 0. The van der Waals surface area contributed by atoms with Crippen LogP contribution in [0.25, 0.3) is 5.70 Å². The Bertz CT molecular complexity index is 1270. The van der Waals surface area contributed by atoms with Crippen LogP contribution in [-0.4, -0.2) is 32.8 Å². The number of amidine groups is 1. The molecule has 0 unspecified atom stereocenters. The number of anilines is 1. The average Bonchev–Trinajstić information content (AvgIpc) is 3.01. The van der Waals surface area contributed by atoms with Gasteiger partial charge in [-0.1, -0.05) is 23.7 Å². The number of carbonyl (C=O) groups is 2. The van der Waals surface area contributed by atoms with Crippen LogP contribution in [0.2, 0.25) is 5.02 Å². The lowest BCUT2D eigenvalue weighted by Crippen LogP contribution is -2.29. The molecule has 0 saturated heterocycles. The molecule has 0 fully saturated rings. The number of aromatic nitrogens is 3. The maximum Gasteiger partial charge on any atom is 0.278 e. The van der Waals surface area contributed by atoms with Crippen molar-refractivity contribution >= 4 is 56.7 Å². The molecule has 2 aromatic heterocycles. The van der Waals surface area contributed by atoms with E-state index in [1.54, 1.807) is 67.3 Å². The summed E-state index contributed by atoms with van der Waals surface area (Å²) in [6, 6.07) is 10.2. The minimum atomic E-state index is -0.522. The molecule has 3 aromatic rings. The number of aliphatic imine (C=N–C) groups is 1.